The Morgan fingerprint density at radius 1 is 1.19 bits per heavy atom. The Hall–Kier alpha value is -2.47. The smallest absolute Gasteiger partial charge is 0.169 e. The van der Waals surface area contributed by atoms with Gasteiger partial charge in [-0.15, -0.1) is 0 Å². The molecule has 2 aromatic carbocycles. The zero-order valence-electron chi connectivity index (χ0n) is 15.8. The van der Waals surface area contributed by atoms with Crippen molar-refractivity contribution in [3.63, 3.8) is 0 Å². The first kappa shape index (κ1) is 19.3. The molecular formula is C21H26N2O3S. The van der Waals surface area contributed by atoms with Crippen LogP contribution in [0.15, 0.2) is 48.5 Å². The highest BCUT2D eigenvalue weighted by Crippen LogP contribution is 2.31. The first-order chi connectivity index (χ1) is 13.2. The molecule has 1 heterocycles. The zero-order valence-corrected chi connectivity index (χ0v) is 16.6. The van der Waals surface area contributed by atoms with Gasteiger partial charge in [0.05, 0.1) is 13.7 Å². The number of hydrogen-bond acceptors (Lipinski definition) is 4. The molecule has 1 N–H and O–H groups in total. The summed E-state index contributed by atoms with van der Waals surface area (Å²) in [6.45, 7) is 4.92. The van der Waals surface area contributed by atoms with Gasteiger partial charge in [-0.05, 0) is 55.4 Å². The highest BCUT2D eigenvalue weighted by molar-refractivity contribution is 7.80. The van der Waals surface area contributed by atoms with Crippen molar-refractivity contribution in [2.24, 2.45) is 0 Å². The van der Waals surface area contributed by atoms with Gasteiger partial charge in [-0.2, -0.15) is 0 Å². The predicted octanol–water partition coefficient (Wildman–Crippen LogP) is 3.27. The average Bonchev–Trinajstić information content (AvgIpc) is 2.72. The molecule has 0 spiro atoms. The Labute approximate surface area is 166 Å². The largest absolute Gasteiger partial charge is 0.497 e. The molecule has 0 radical (unpaired) electrons. The van der Waals surface area contributed by atoms with Crippen molar-refractivity contribution < 1.29 is 14.2 Å². The minimum absolute atomic E-state index is 0.0406. The Kier molecular flexibility index (Phi) is 6.76. The van der Waals surface area contributed by atoms with Crippen LogP contribution in [0.25, 0.3) is 0 Å². The van der Waals surface area contributed by atoms with Crippen LogP contribution in [0.2, 0.25) is 0 Å². The molecule has 1 aliphatic rings. The Morgan fingerprint density at radius 3 is 2.63 bits per heavy atom. The van der Waals surface area contributed by atoms with E-state index in [4.69, 9.17) is 26.4 Å². The van der Waals surface area contributed by atoms with E-state index in [1.54, 1.807) is 7.11 Å². The number of methoxy groups -OCH3 is 1. The molecule has 0 fully saturated rings. The molecule has 144 valence electrons. The molecule has 6 heteroatoms. The number of para-hydroxylation sites is 2. The lowest BCUT2D eigenvalue weighted by Gasteiger charge is -2.32. The van der Waals surface area contributed by atoms with Gasteiger partial charge in [0.15, 0.2) is 22.7 Å². The van der Waals surface area contributed by atoms with E-state index in [2.05, 4.69) is 29.3 Å². The number of fused-ring (bicyclic) bond motifs is 1. The lowest BCUT2D eigenvalue weighted by atomic mass is 10.1. The van der Waals surface area contributed by atoms with Gasteiger partial charge in [0.2, 0.25) is 0 Å². The second kappa shape index (κ2) is 9.46. The normalized spacial score (nSPS) is 15.1. The monoisotopic (exact) mass is 386 g/mol. The molecular weight excluding hydrogens is 360 g/mol. The third-order valence-corrected chi connectivity index (χ3v) is 4.91. The SMILES string of the molecule is CCN(CC1COc2ccccc2O1)C(=S)NCCc1ccc(OC)cc1. The highest BCUT2D eigenvalue weighted by atomic mass is 32.1. The Balaban J connectivity index is 1.46. The first-order valence-electron chi connectivity index (χ1n) is 9.23. The van der Waals surface area contributed by atoms with Crippen LogP contribution >= 0.6 is 12.2 Å². The van der Waals surface area contributed by atoms with Gasteiger partial charge < -0.3 is 24.4 Å². The van der Waals surface area contributed by atoms with E-state index < -0.39 is 0 Å². The minimum atomic E-state index is -0.0406. The number of benzene rings is 2. The number of likely N-dealkylation sites (N-methyl/N-ethyl adjacent to an activating group) is 1. The quantitative estimate of drug-likeness (QED) is 0.737. The van der Waals surface area contributed by atoms with Crippen LogP contribution < -0.4 is 19.5 Å². The number of thiocarbonyl (C=S) groups is 1. The van der Waals surface area contributed by atoms with Crippen molar-refractivity contribution in [2.75, 3.05) is 33.4 Å². The molecule has 0 aromatic heterocycles. The summed E-state index contributed by atoms with van der Waals surface area (Å²) in [5.74, 6) is 2.47. The number of ether oxygens (including phenoxy) is 3. The van der Waals surface area contributed by atoms with Gasteiger partial charge in [-0.25, -0.2) is 0 Å². The van der Waals surface area contributed by atoms with Crippen molar-refractivity contribution in [3.05, 3.63) is 54.1 Å². The molecule has 0 amide bonds. The van der Waals surface area contributed by atoms with Gasteiger partial charge in [-0.3, -0.25) is 0 Å². The maximum atomic E-state index is 6.04. The van der Waals surface area contributed by atoms with Gasteiger partial charge in [0.25, 0.3) is 0 Å². The van der Waals surface area contributed by atoms with E-state index in [0.29, 0.717) is 13.2 Å². The highest BCUT2D eigenvalue weighted by Gasteiger charge is 2.23. The van der Waals surface area contributed by atoms with E-state index in [1.165, 1.54) is 5.56 Å². The number of hydrogen-bond donors (Lipinski definition) is 1. The predicted molar refractivity (Wildman–Crippen MR) is 111 cm³/mol. The topological polar surface area (TPSA) is 43.0 Å². The minimum Gasteiger partial charge on any atom is -0.497 e. The molecule has 0 aliphatic carbocycles. The van der Waals surface area contributed by atoms with E-state index in [0.717, 1.165) is 41.9 Å². The molecule has 1 unspecified atom stereocenters. The standard InChI is InChI=1S/C21H26N2O3S/c1-3-23(14-18-15-25-19-6-4-5-7-20(19)26-18)21(27)22-13-12-16-8-10-17(24-2)11-9-16/h4-11,18H,3,12-15H2,1-2H3,(H,22,27). The van der Waals surface area contributed by atoms with Crippen LogP contribution in [0.4, 0.5) is 0 Å². The molecule has 0 saturated heterocycles. The summed E-state index contributed by atoms with van der Waals surface area (Å²) in [5, 5.41) is 4.09. The molecule has 0 saturated carbocycles. The number of rotatable bonds is 7. The molecule has 3 rings (SSSR count). The number of nitrogens with zero attached hydrogens (tertiary/aromatic N) is 1. The molecule has 5 nitrogen and oxygen atoms in total. The maximum Gasteiger partial charge on any atom is 0.169 e. The summed E-state index contributed by atoms with van der Waals surface area (Å²) in [5.41, 5.74) is 1.25. The lowest BCUT2D eigenvalue weighted by Crippen LogP contribution is -2.47. The first-order valence-corrected chi connectivity index (χ1v) is 9.64. The van der Waals surface area contributed by atoms with Crippen LogP contribution in [-0.2, 0) is 6.42 Å². The summed E-state index contributed by atoms with van der Waals surface area (Å²) in [6, 6.07) is 15.9. The van der Waals surface area contributed by atoms with Crippen LogP contribution in [-0.4, -0.2) is 49.5 Å². The maximum absolute atomic E-state index is 6.04. The van der Waals surface area contributed by atoms with Crippen molar-refractivity contribution >= 4 is 17.3 Å². The molecule has 2 aromatic rings. The van der Waals surface area contributed by atoms with Gasteiger partial charge in [0.1, 0.15) is 12.4 Å². The Morgan fingerprint density at radius 2 is 1.93 bits per heavy atom. The van der Waals surface area contributed by atoms with Crippen LogP contribution in [0.3, 0.4) is 0 Å². The second-order valence-corrected chi connectivity index (χ2v) is 6.75. The van der Waals surface area contributed by atoms with E-state index in [1.807, 2.05) is 36.4 Å². The molecule has 0 bridgehead atoms. The van der Waals surface area contributed by atoms with E-state index in [9.17, 15) is 0 Å². The van der Waals surface area contributed by atoms with Crippen molar-refractivity contribution in [2.45, 2.75) is 19.4 Å². The van der Waals surface area contributed by atoms with Crippen LogP contribution in [0, 0.1) is 0 Å². The second-order valence-electron chi connectivity index (χ2n) is 6.37. The van der Waals surface area contributed by atoms with E-state index in [-0.39, 0.29) is 6.10 Å². The Bertz CT molecular complexity index is 751. The average molecular weight is 387 g/mol. The lowest BCUT2D eigenvalue weighted by molar-refractivity contribution is 0.0748. The van der Waals surface area contributed by atoms with Crippen molar-refractivity contribution in [1.82, 2.24) is 10.2 Å². The fourth-order valence-electron chi connectivity index (χ4n) is 2.97. The van der Waals surface area contributed by atoms with Gasteiger partial charge in [-0.1, -0.05) is 24.3 Å². The fourth-order valence-corrected chi connectivity index (χ4v) is 3.28. The van der Waals surface area contributed by atoms with E-state index >= 15 is 0 Å². The molecule has 1 atom stereocenters. The fraction of sp³-hybridized carbons (Fsp3) is 0.381. The van der Waals surface area contributed by atoms with Gasteiger partial charge in [0, 0.05) is 13.1 Å². The van der Waals surface area contributed by atoms with Gasteiger partial charge >= 0.3 is 0 Å². The van der Waals surface area contributed by atoms with Crippen molar-refractivity contribution in [3.8, 4) is 17.2 Å². The van der Waals surface area contributed by atoms with Crippen molar-refractivity contribution in [1.29, 1.82) is 0 Å². The summed E-state index contributed by atoms with van der Waals surface area (Å²) in [7, 11) is 1.67. The summed E-state index contributed by atoms with van der Waals surface area (Å²) < 4.78 is 17.0. The zero-order chi connectivity index (χ0) is 19.1. The summed E-state index contributed by atoms with van der Waals surface area (Å²) in [6.07, 6.45) is 0.860. The number of nitrogens with one attached hydrogen (secondary N) is 1. The van der Waals surface area contributed by atoms with Crippen LogP contribution in [0.1, 0.15) is 12.5 Å². The third-order valence-electron chi connectivity index (χ3n) is 4.51. The molecule has 27 heavy (non-hydrogen) atoms. The molecule has 1 aliphatic heterocycles. The summed E-state index contributed by atoms with van der Waals surface area (Å²) in [4.78, 5) is 2.12. The van der Waals surface area contributed by atoms with Crippen LogP contribution in [0.5, 0.6) is 17.2 Å². The summed E-state index contributed by atoms with van der Waals surface area (Å²) >= 11 is 5.57. The third kappa shape index (κ3) is 5.26.